The molecule has 2 bridgehead atoms. The van der Waals surface area contributed by atoms with Gasteiger partial charge in [0.2, 0.25) is 0 Å². The third-order valence-corrected chi connectivity index (χ3v) is 3.03. The Morgan fingerprint density at radius 2 is 1.31 bits per heavy atom. The third kappa shape index (κ3) is 1.56. The highest BCUT2D eigenvalue weighted by atomic mass is 16.5. The molecule has 4 atom stereocenters. The highest BCUT2D eigenvalue weighted by Crippen LogP contribution is 2.34. The summed E-state index contributed by atoms with van der Waals surface area (Å²) in [5, 5.41) is 0. The highest BCUT2D eigenvalue weighted by Gasteiger charge is 2.31. The molecule has 0 aliphatic heterocycles. The summed E-state index contributed by atoms with van der Waals surface area (Å²) >= 11 is 0. The van der Waals surface area contributed by atoms with Crippen LogP contribution in [0.1, 0.15) is 6.42 Å². The molecule has 0 aromatic heterocycles. The molecular weight excluding hydrogens is 164 g/mol. The molecule has 2 heteroatoms. The van der Waals surface area contributed by atoms with Crippen molar-refractivity contribution in [3.05, 3.63) is 24.3 Å². The van der Waals surface area contributed by atoms with Crippen LogP contribution in [0.2, 0.25) is 0 Å². The lowest BCUT2D eigenvalue weighted by atomic mass is 9.77. The molecule has 0 radical (unpaired) electrons. The van der Waals surface area contributed by atoms with E-state index >= 15 is 0 Å². The maximum atomic E-state index is 5.37. The van der Waals surface area contributed by atoms with Gasteiger partial charge in [0.15, 0.2) is 0 Å². The van der Waals surface area contributed by atoms with E-state index in [1.54, 1.807) is 14.2 Å². The number of hydrogen-bond donors (Lipinski definition) is 0. The quantitative estimate of drug-likeness (QED) is 0.603. The van der Waals surface area contributed by atoms with Crippen LogP contribution in [0.15, 0.2) is 24.3 Å². The second-order valence-electron chi connectivity index (χ2n) is 3.73. The SMILES string of the molecule is CO[C@@H]1C=C[C@@H]2C[C@H]1C=C[C@H]2OC. The summed E-state index contributed by atoms with van der Waals surface area (Å²) in [6, 6.07) is 0. The van der Waals surface area contributed by atoms with E-state index in [0.717, 1.165) is 6.42 Å². The molecule has 2 rings (SSSR count). The van der Waals surface area contributed by atoms with Gasteiger partial charge < -0.3 is 9.47 Å². The molecule has 0 aromatic rings. The summed E-state index contributed by atoms with van der Waals surface area (Å²) < 4.78 is 10.7. The van der Waals surface area contributed by atoms with Crippen molar-refractivity contribution in [3.8, 4) is 0 Å². The van der Waals surface area contributed by atoms with Crippen molar-refractivity contribution in [2.75, 3.05) is 14.2 Å². The molecule has 2 nitrogen and oxygen atoms in total. The zero-order valence-electron chi connectivity index (χ0n) is 8.14. The van der Waals surface area contributed by atoms with E-state index in [4.69, 9.17) is 9.47 Å². The van der Waals surface area contributed by atoms with E-state index in [-0.39, 0.29) is 12.2 Å². The van der Waals surface area contributed by atoms with E-state index in [9.17, 15) is 0 Å². The van der Waals surface area contributed by atoms with Crippen LogP contribution < -0.4 is 0 Å². The summed E-state index contributed by atoms with van der Waals surface area (Å²) in [5.74, 6) is 1.10. The Kier molecular flexibility index (Phi) is 2.51. The van der Waals surface area contributed by atoms with Gasteiger partial charge in [-0.2, -0.15) is 0 Å². The number of methoxy groups -OCH3 is 2. The average molecular weight is 180 g/mol. The number of hydrogen-bond acceptors (Lipinski definition) is 2. The van der Waals surface area contributed by atoms with Gasteiger partial charge in [0.1, 0.15) is 0 Å². The fraction of sp³-hybridized carbons (Fsp3) is 0.636. The minimum absolute atomic E-state index is 0.269. The van der Waals surface area contributed by atoms with Crippen LogP contribution in [0.25, 0.3) is 0 Å². The summed E-state index contributed by atoms with van der Waals surface area (Å²) in [6.45, 7) is 0. The van der Waals surface area contributed by atoms with E-state index in [0.29, 0.717) is 11.8 Å². The zero-order chi connectivity index (χ0) is 9.26. The van der Waals surface area contributed by atoms with Crippen LogP contribution in [0.4, 0.5) is 0 Å². The molecule has 0 N–H and O–H groups in total. The molecule has 0 saturated carbocycles. The average Bonchev–Trinajstić information content (AvgIpc) is 2.19. The van der Waals surface area contributed by atoms with Gasteiger partial charge in [-0.05, 0) is 6.42 Å². The highest BCUT2D eigenvalue weighted by molar-refractivity contribution is 5.17. The summed E-state index contributed by atoms with van der Waals surface area (Å²) in [6.07, 6.45) is 10.5. The lowest BCUT2D eigenvalue weighted by Gasteiger charge is -2.35. The van der Waals surface area contributed by atoms with Crippen LogP contribution in [-0.4, -0.2) is 26.4 Å². The molecule has 2 aliphatic rings. The van der Waals surface area contributed by atoms with E-state index in [2.05, 4.69) is 24.3 Å². The van der Waals surface area contributed by atoms with Gasteiger partial charge in [-0.25, -0.2) is 0 Å². The van der Waals surface area contributed by atoms with Gasteiger partial charge >= 0.3 is 0 Å². The van der Waals surface area contributed by atoms with Crippen LogP contribution >= 0.6 is 0 Å². The van der Waals surface area contributed by atoms with Crippen LogP contribution in [0, 0.1) is 11.8 Å². The van der Waals surface area contributed by atoms with Crippen molar-refractivity contribution in [2.45, 2.75) is 18.6 Å². The van der Waals surface area contributed by atoms with Crippen molar-refractivity contribution in [2.24, 2.45) is 11.8 Å². The lowest BCUT2D eigenvalue weighted by Crippen LogP contribution is -2.34. The molecule has 0 heterocycles. The monoisotopic (exact) mass is 180 g/mol. The smallest absolute Gasteiger partial charge is 0.0814 e. The normalized spacial score (nSPS) is 42.3. The second-order valence-corrected chi connectivity index (χ2v) is 3.73. The molecule has 0 aromatic carbocycles. The maximum absolute atomic E-state index is 5.37. The summed E-state index contributed by atoms with van der Waals surface area (Å²) in [4.78, 5) is 0. The van der Waals surface area contributed by atoms with Gasteiger partial charge in [-0.1, -0.05) is 24.3 Å². The summed E-state index contributed by atoms with van der Waals surface area (Å²) in [7, 11) is 3.54. The van der Waals surface area contributed by atoms with Crippen molar-refractivity contribution >= 4 is 0 Å². The lowest BCUT2D eigenvalue weighted by molar-refractivity contribution is 0.0481. The topological polar surface area (TPSA) is 18.5 Å². The maximum Gasteiger partial charge on any atom is 0.0814 e. The van der Waals surface area contributed by atoms with E-state index in [1.807, 2.05) is 0 Å². The number of rotatable bonds is 2. The largest absolute Gasteiger partial charge is 0.377 e. The van der Waals surface area contributed by atoms with Crippen LogP contribution in [0.3, 0.4) is 0 Å². The van der Waals surface area contributed by atoms with E-state index in [1.165, 1.54) is 0 Å². The Morgan fingerprint density at radius 3 is 1.69 bits per heavy atom. The van der Waals surface area contributed by atoms with Gasteiger partial charge in [0, 0.05) is 26.1 Å². The first-order valence-electron chi connectivity index (χ1n) is 4.77. The number of fused-ring (bicyclic) bond motifs is 2. The molecule has 2 aliphatic carbocycles. The first kappa shape index (κ1) is 8.97. The van der Waals surface area contributed by atoms with Crippen molar-refractivity contribution in [1.82, 2.24) is 0 Å². The first-order valence-corrected chi connectivity index (χ1v) is 4.77. The second kappa shape index (κ2) is 3.64. The minimum Gasteiger partial charge on any atom is -0.377 e. The molecule has 0 unspecified atom stereocenters. The van der Waals surface area contributed by atoms with Gasteiger partial charge in [-0.3, -0.25) is 0 Å². The molecule has 72 valence electrons. The van der Waals surface area contributed by atoms with Gasteiger partial charge in [-0.15, -0.1) is 0 Å². The van der Waals surface area contributed by atoms with Gasteiger partial charge in [0.05, 0.1) is 12.2 Å². The minimum atomic E-state index is 0.269. The first-order chi connectivity index (χ1) is 6.35. The Bertz CT molecular complexity index is 208. The number of ether oxygens (including phenoxy) is 2. The molecule has 0 saturated heterocycles. The van der Waals surface area contributed by atoms with Gasteiger partial charge in [0.25, 0.3) is 0 Å². The van der Waals surface area contributed by atoms with Crippen molar-refractivity contribution in [3.63, 3.8) is 0 Å². The Hall–Kier alpha value is -0.600. The zero-order valence-corrected chi connectivity index (χ0v) is 8.14. The standard InChI is InChI=1S/C11H16O2/c1-12-10-5-3-9-7-8(10)4-6-11(9)13-2/h3-6,8-11H,7H2,1-2H3/t8-,9-,10-,11-/m1/s1. The third-order valence-electron chi connectivity index (χ3n) is 3.03. The fourth-order valence-electron chi connectivity index (χ4n) is 2.26. The van der Waals surface area contributed by atoms with Crippen molar-refractivity contribution < 1.29 is 9.47 Å². The molecular formula is C11H16O2. The predicted octanol–water partition coefficient (Wildman–Crippen LogP) is 1.78. The molecule has 0 spiro atoms. The fourth-order valence-corrected chi connectivity index (χ4v) is 2.26. The Balaban J connectivity index is 2.15. The molecule has 0 fully saturated rings. The van der Waals surface area contributed by atoms with Crippen LogP contribution in [-0.2, 0) is 9.47 Å². The molecule has 13 heavy (non-hydrogen) atoms. The van der Waals surface area contributed by atoms with Crippen LogP contribution in [0.5, 0.6) is 0 Å². The Labute approximate surface area is 79.2 Å². The summed E-state index contributed by atoms with van der Waals surface area (Å²) in [5.41, 5.74) is 0. The van der Waals surface area contributed by atoms with Crippen molar-refractivity contribution in [1.29, 1.82) is 0 Å². The predicted molar refractivity (Wildman–Crippen MR) is 51.5 cm³/mol. The Morgan fingerprint density at radius 1 is 0.846 bits per heavy atom. The molecule has 0 amide bonds. The van der Waals surface area contributed by atoms with E-state index < -0.39 is 0 Å².